The molecule has 1 heterocycles. The Balaban J connectivity index is 1.45. The first-order valence-corrected chi connectivity index (χ1v) is 9.19. The summed E-state index contributed by atoms with van der Waals surface area (Å²) in [5, 5.41) is 10.9. The molecule has 27 heavy (non-hydrogen) atoms. The van der Waals surface area contributed by atoms with Crippen LogP contribution in [-0.4, -0.2) is 29.0 Å². The maximum Gasteiger partial charge on any atom is 0.277 e. The highest BCUT2D eigenvalue weighted by atomic mass is 32.2. The molecule has 0 atom stereocenters. The first-order chi connectivity index (χ1) is 13.1. The molecule has 0 aliphatic heterocycles. The molecule has 0 saturated heterocycles. The number of ether oxygens (including phenoxy) is 2. The zero-order valence-electron chi connectivity index (χ0n) is 15.0. The van der Waals surface area contributed by atoms with Crippen LogP contribution in [0, 0.1) is 6.92 Å². The fourth-order valence-corrected chi connectivity index (χ4v) is 2.74. The molecule has 3 aromatic rings. The lowest BCUT2D eigenvalue weighted by atomic mass is 10.2. The van der Waals surface area contributed by atoms with Crippen molar-refractivity contribution in [2.45, 2.75) is 18.8 Å². The number of nitrogens with zero attached hydrogens (tertiary/aromatic N) is 2. The molecule has 1 aromatic heterocycles. The molecular weight excluding hydrogens is 366 g/mol. The number of carbonyl (C=O) groups excluding carboxylic acids is 1. The van der Waals surface area contributed by atoms with Crippen LogP contribution >= 0.6 is 11.8 Å². The van der Waals surface area contributed by atoms with E-state index in [4.69, 9.17) is 13.9 Å². The summed E-state index contributed by atoms with van der Waals surface area (Å²) >= 11 is 1.16. The number of aromatic nitrogens is 2. The summed E-state index contributed by atoms with van der Waals surface area (Å²) in [5.74, 6) is 1.73. The van der Waals surface area contributed by atoms with Crippen LogP contribution in [0.5, 0.6) is 11.5 Å². The van der Waals surface area contributed by atoms with Crippen LogP contribution < -0.4 is 14.8 Å². The average molecular weight is 385 g/mol. The van der Waals surface area contributed by atoms with Gasteiger partial charge in [-0.15, -0.1) is 10.2 Å². The molecule has 0 unspecified atom stereocenters. The van der Waals surface area contributed by atoms with E-state index in [0.717, 1.165) is 23.1 Å². The van der Waals surface area contributed by atoms with Gasteiger partial charge in [0.1, 0.15) is 11.5 Å². The van der Waals surface area contributed by atoms with Crippen LogP contribution in [0.1, 0.15) is 11.5 Å². The normalized spacial score (nSPS) is 10.4. The van der Waals surface area contributed by atoms with Gasteiger partial charge in [-0.1, -0.05) is 35.5 Å². The van der Waals surface area contributed by atoms with Crippen LogP contribution in [0.3, 0.4) is 0 Å². The molecule has 0 aliphatic rings. The number of nitrogens with one attached hydrogen (secondary N) is 1. The van der Waals surface area contributed by atoms with Crippen molar-refractivity contribution in [3.05, 3.63) is 60.0 Å². The number of anilines is 1. The topological polar surface area (TPSA) is 86.5 Å². The largest absolute Gasteiger partial charge is 0.497 e. The Hall–Kier alpha value is -3.00. The standard InChI is InChI=1S/C19H19N3O4S/c1-13-6-8-15(9-7-13)25-11-18-21-22-19(26-18)27-12-17(23)20-14-4-3-5-16(10-14)24-2/h3-10H,11-12H2,1-2H3,(H,20,23). The summed E-state index contributed by atoms with van der Waals surface area (Å²) in [4.78, 5) is 12.0. The van der Waals surface area contributed by atoms with E-state index in [9.17, 15) is 4.79 Å². The van der Waals surface area contributed by atoms with Crippen LogP contribution in [-0.2, 0) is 11.4 Å². The molecule has 1 amide bonds. The molecule has 140 valence electrons. The van der Waals surface area contributed by atoms with E-state index in [1.54, 1.807) is 25.3 Å². The van der Waals surface area contributed by atoms with Crippen molar-refractivity contribution in [2.24, 2.45) is 0 Å². The maximum absolute atomic E-state index is 12.0. The lowest BCUT2D eigenvalue weighted by Gasteiger charge is -2.06. The number of thioether (sulfide) groups is 1. The zero-order chi connectivity index (χ0) is 19.1. The summed E-state index contributed by atoms with van der Waals surface area (Å²) in [5.41, 5.74) is 1.82. The van der Waals surface area contributed by atoms with Crippen molar-refractivity contribution in [3.8, 4) is 11.5 Å². The van der Waals surface area contributed by atoms with Crippen molar-refractivity contribution in [1.29, 1.82) is 0 Å². The van der Waals surface area contributed by atoms with E-state index in [0.29, 0.717) is 22.6 Å². The van der Waals surface area contributed by atoms with Gasteiger partial charge in [0.15, 0.2) is 6.61 Å². The minimum Gasteiger partial charge on any atom is -0.497 e. The predicted molar refractivity (Wildman–Crippen MR) is 102 cm³/mol. The summed E-state index contributed by atoms with van der Waals surface area (Å²) in [6.45, 7) is 2.18. The first-order valence-electron chi connectivity index (χ1n) is 8.21. The SMILES string of the molecule is COc1cccc(NC(=O)CSc2nnc(COc3ccc(C)cc3)o2)c1. The van der Waals surface area contributed by atoms with Gasteiger partial charge >= 0.3 is 0 Å². The van der Waals surface area contributed by atoms with Gasteiger partial charge < -0.3 is 19.2 Å². The first kappa shape index (κ1) is 18.8. The average Bonchev–Trinajstić information content (AvgIpc) is 3.14. The Morgan fingerprint density at radius 3 is 2.74 bits per heavy atom. The molecule has 8 heteroatoms. The van der Waals surface area contributed by atoms with Gasteiger partial charge in [-0.25, -0.2) is 0 Å². The summed E-state index contributed by atoms with van der Waals surface area (Å²) in [6, 6.07) is 14.8. The number of benzene rings is 2. The molecule has 3 rings (SSSR count). The molecule has 0 bridgehead atoms. The number of aryl methyl sites for hydroxylation is 1. The lowest BCUT2D eigenvalue weighted by Crippen LogP contribution is -2.13. The minimum absolute atomic E-state index is 0.150. The van der Waals surface area contributed by atoms with Crippen LogP contribution in [0.2, 0.25) is 0 Å². The molecule has 0 aliphatic carbocycles. The predicted octanol–water partition coefficient (Wildman–Crippen LogP) is 3.70. The van der Waals surface area contributed by atoms with Crippen molar-refractivity contribution in [1.82, 2.24) is 10.2 Å². The Morgan fingerprint density at radius 2 is 1.96 bits per heavy atom. The monoisotopic (exact) mass is 385 g/mol. The quantitative estimate of drug-likeness (QED) is 0.592. The van der Waals surface area contributed by atoms with E-state index in [2.05, 4.69) is 15.5 Å². The summed E-state index contributed by atoms with van der Waals surface area (Å²) in [6.07, 6.45) is 0. The Labute approximate surface area is 161 Å². The smallest absolute Gasteiger partial charge is 0.277 e. The number of hydrogen-bond donors (Lipinski definition) is 1. The molecular formula is C19H19N3O4S. The number of methoxy groups -OCH3 is 1. The molecule has 0 radical (unpaired) electrons. The molecule has 0 fully saturated rings. The van der Waals surface area contributed by atoms with E-state index in [-0.39, 0.29) is 18.3 Å². The van der Waals surface area contributed by atoms with E-state index < -0.39 is 0 Å². The van der Waals surface area contributed by atoms with Gasteiger partial charge in [-0.05, 0) is 31.2 Å². The number of rotatable bonds is 8. The third-order valence-electron chi connectivity index (χ3n) is 3.51. The van der Waals surface area contributed by atoms with Crippen LogP contribution in [0.15, 0.2) is 58.2 Å². The maximum atomic E-state index is 12.0. The highest BCUT2D eigenvalue weighted by Gasteiger charge is 2.11. The highest BCUT2D eigenvalue weighted by molar-refractivity contribution is 7.99. The number of hydrogen-bond acceptors (Lipinski definition) is 7. The molecule has 1 N–H and O–H groups in total. The van der Waals surface area contributed by atoms with Gasteiger partial charge in [0.05, 0.1) is 12.9 Å². The highest BCUT2D eigenvalue weighted by Crippen LogP contribution is 2.20. The third-order valence-corrected chi connectivity index (χ3v) is 4.33. The van der Waals surface area contributed by atoms with E-state index in [1.807, 2.05) is 37.3 Å². The summed E-state index contributed by atoms with van der Waals surface area (Å²) in [7, 11) is 1.58. The minimum atomic E-state index is -0.177. The van der Waals surface area contributed by atoms with Gasteiger partial charge in [0.25, 0.3) is 11.1 Å². The number of carbonyl (C=O) groups is 1. The van der Waals surface area contributed by atoms with Gasteiger partial charge in [0.2, 0.25) is 5.91 Å². The fraction of sp³-hybridized carbons (Fsp3) is 0.211. The Morgan fingerprint density at radius 1 is 1.15 bits per heavy atom. The third kappa shape index (κ3) is 5.75. The summed E-state index contributed by atoms with van der Waals surface area (Å²) < 4.78 is 16.2. The second-order valence-corrected chi connectivity index (χ2v) is 6.56. The second kappa shape index (κ2) is 9.09. The second-order valence-electron chi connectivity index (χ2n) is 5.63. The lowest BCUT2D eigenvalue weighted by molar-refractivity contribution is -0.113. The molecule has 0 saturated carbocycles. The molecule has 7 nitrogen and oxygen atoms in total. The van der Waals surface area contributed by atoms with Gasteiger partial charge in [-0.3, -0.25) is 4.79 Å². The number of amides is 1. The molecule has 0 spiro atoms. The Kier molecular flexibility index (Phi) is 6.32. The van der Waals surface area contributed by atoms with Crippen molar-refractivity contribution >= 4 is 23.4 Å². The Bertz CT molecular complexity index is 896. The van der Waals surface area contributed by atoms with Crippen molar-refractivity contribution in [2.75, 3.05) is 18.2 Å². The van der Waals surface area contributed by atoms with Crippen LogP contribution in [0.4, 0.5) is 5.69 Å². The van der Waals surface area contributed by atoms with Gasteiger partial charge in [0, 0.05) is 11.8 Å². The van der Waals surface area contributed by atoms with Crippen molar-refractivity contribution in [3.63, 3.8) is 0 Å². The van der Waals surface area contributed by atoms with E-state index >= 15 is 0 Å². The zero-order valence-corrected chi connectivity index (χ0v) is 15.8. The van der Waals surface area contributed by atoms with Crippen molar-refractivity contribution < 1.29 is 18.7 Å². The fourth-order valence-electron chi connectivity index (χ4n) is 2.16. The van der Waals surface area contributed by atoms with E-state index in [1.165, 1.54) is 0 Å². The molecule has 2 aromatic carbocycles. The van der Waals surface area contributed by atoms with Gasteiger partial charge in [-0.2, -0.15) is 0 Å². The van der Waals surface area contributed by atoms with Crippen LogP contribution in [0.25, 0.3) is 0 Å².